The van der Waals surface area contributed by atoms with Crippen molar-refractivity contribution < 1.29 is 22.7 Å². The van der Waals surface area contributed by atoms with E-state index in [4.69, 9.17) is 4.98 Å². The summed E-state index contributed by atoms with van der Waals surface area (Å²) in [5.41, 5.74) is 3.44. The lowest BCUT2D eigenvalue weighted by atomic mass is 9.71. The van der Waals surface area contributed by atoms with Crippen LogP contribution in [-0.4, -0.2) is 15.8 Å². The lowest BCUT2D eigenvalue weighted by Gasteiger charge is -2.37. The number of pyridine rings is 1. The van der Waals surface area contributed by atoms with Crippen molar-refractivity contribution in [3.05, 3.63) is 88.0 Å². The summed E-state index contributed by atoms with van der Waals surface area (Å²) in [5.74, 6) is -0.291. The van der Waals surface area contributed by atoms with Crippen LogP contribution in [0.4, 0.5) is 17.6 Å². The molecule has 3 nitrogen and oxygen atoms in total. The molecular formula is C30H30F4N2O. The zero-order valence-corrected chi connectivity index (χ0v) is 20.9. The van der Waals surface area contributed by atoms with E-state index >= 15 is 0 Å². The Morgan fingerprint density at radius 2 is 1.62 bits per heavy atom. The van der Waals surface area contributed by atoms with E-state index in [1.54, 1.807) is 12.1 Å². The first kappa shape index (κ1) is 25.6. The molecule has 0 bridgehead atoms. The smallest absolute Gasteiger partial charge is 0.388 e. The molecule has 1 fully saturated rings. The number of alkyl halides is 3. The number of hydrogen-bond donors (Lipinski definition) is 2. The molecule has 7 heteroatoms. The van der Waals surface area contributed by atoms with Crippen molar-refractivity contribution >= 4 is 5.71 Å². The van der Waals surface area contributed by atoms with Crippen molar-refractivity contribution in [3.8, 4) is 11.1 Å². The number of halogens is 4. The van der Waals surface area contributed by atoms with E-state index in [2.05, 4.69) is 13.8 Å². The third kappa shape index (κ3) is 4.93. The average molecular weight is 511 g/mol. The van der Waals surface area contributed by atoms with Gasteiger partial charge >= 0.3 is 6.18 Å². The molecule has 1 heterocycles. The van der Waals surface area contributed by atoms with E-state index in [0.29, 0.717) is 40.7 Å². The SMILES string of the molecule is CC1(C)Cc2nc(C3CCCC3)c(C(=N)c3ccc(C(F)(F)F)cc3)c(-c3ccc(F)cc3)c2C(O)C1. The van der Waals surface area contributed by atoms with Crippen LogP contribution in [0.3, 0.4) is 0 Å². The fourth-order valence-electron chi connectivity index (χ4n) is 5.95. The minimum atomic E-state index is -4.47. The number of rotatable bonds is 4. The van der Waals surface area contributed by atoms with Crippen molar-refractivity contribution in [1.29, 1.82) is 5.41 Å². The van der Waals surface area contributed by atoms with Gasteiger partial charge in [-0.05, 0) is 60.9 Å². The van der Waals surface area contributed by atoms with E-state index < -0.39 is 23.7 Å². The molecule has 1 aromatic heterocycles. The van der Waals surface area contributed by atoms with Gasteiger partial charge in [0.25, 0.3) is 0 Å². The second kappa shape index (κ2) is 9.35. The van der Waals surface area contributed by atoms with Gasteiger partial charge in [0.2, 0.25) is 0 Å². The molecule has 2 N–H and O–H groups in total. The molecule has 2 aliphatic rings. The number of nitrogens with one attached hydrogen (secondary N) is 1. The molecule has 0 saturated heterocycles. The molecule has 0 aliphatic heterocycles. The van der Waals surface area contributed by atoms with Gasteiger partial charge < -0.3 is 5.11 Å². The molecule has 0 spiro atoms. The molecule has 37 heavy (non-hydrogen) atoms. The second-order valence-corrected chi connectivity index (χ2v) is 11.1. The number of benzene rings is 2. The molecule has 2 aromatic carbocycles. The van der Waals surface area contributed by atoms with E-state index in [1.807, 2.05) is 0 Å². The summed E-state index contributed by atoms with van der Waals surface area (Å²) in [6, 6.07) is 10.6. The van der Waals surface area contributed by atoms with Crippen LogP contribution >= 0.6 is 0 Å². The van der Waals surface area contributed by atoms with E-state index in [1.165, 1.54) is 24.3 Å². The molecule has 1 atom stereocenters. The Morgan fingerprint density at radius 3 is 2.22 bits per heavy atom. The van der Waals surface area contributed by atoms with Crippen LogP contribution in [0.5, 0.6) is 0 Å². The predicted octanol–water partition coefficient (Wildman–Crippen LogP) is 7.99. The largest absolute Gasteiger partial charge is 0.416 e. The summed E-state index contributed by atoms with van der Waals surface area (Å²) in [6.45, 7) is 4.18. The maximum absolute atomic E-state index is 13.9. The van der Waals surface area contributed by atoms with Gasteiger partial charge in [-0.15, -0.1) is 0 Å². The van der Waals surface area contributed by atoms with E-state index in [-0.39, 0.29) is 17.0 Å². The Kier molecular flexibility index (Phi) is 6.47. The first-order valence-corrected chi connectivity index (χ1v) is 12.7. The third-order valence-electron chi connectivity index (χ3n) is 7.69. The minimum absolute atomic E-state index is 0.0577. The Balaban J connectivity index is 1.78. The second-order valence-electron chi connectivity index (χ2n) is 11.1. The van der Waals surface area contributed by atoms with Crippen molar-refractivity contribution in [2.75, 3.05) is 0 Å². The predicted molar refractivity (Wildman–Crippen MR) is 135 cm³/mol. The number of hydrogen-bond acceptors (Lipinski definition) is 3. The molecule has 194 valence electrons. The zero-order valence-electron chi connectivity index (χ0n) is 20.9. The van der Waals surface area contributed by atoms with Crippen molar-refractivity contribution in [2.45, 2.75) is 70.6 Å². The highest BCUT2D eigenvalue weighted by Crippen LogP contribution is 2.48. The molecule has 1 unspecified atom stereocenters. The minimum Gasteiger partial charge on any atom is -0.388 e. The van der Waals surface area contributed by atoms with E-state index in [0.717, 1.165) is 49.2 Å². The Hall–Kier alpha value is -3.06. The van der Waals surface area contributed by atoms with Gasteiger partial charge in [-0.3, -0.25) is 10.4 Å². The van der Waals surface area contributed by atoms with Crippen LogP contribution in [0.1, 0.15) is 91.6 Å². The van der Waals surface area contributed by atoms with Gasteiger partial charge in [-0.2, -0.15) is 13.2 Å². The van der Waals surface area contributed by atoms with Crippen molar-refractivity contribution in [2.24, 2.45) is 5.41 Å². The summed E-state index contributed by atoms with van der Waals surface area (Å²) in [5, 5.41) is 20.6. The first-order valence-electron chi connectivity index (χ1n) is 12.7. The van der Waals surface area contributed by atoms with Crippen LogP contribution in [0.25, 0.3) is 11.1 Å². The zero-order chi connectivity index (χ0) is 26.5. The maximum Gasteiger partial charge on any atom is 0.416 e. The molecule has 2 aliphatic carbocycles. The van der Waals surface area contributed by atoms with Gasteiger partial charge in [0.05, 0.1) is 23.1 Å². The monoisotopic (exact) mass is 510 g/mol. The maximum atomic E-state index is 13.9. The topological polar surface area (TPSA) is 57.0 Å². The highest BCUT2D eigenvalue weighted by atomic mass is 19.4. The average Bonchev–Trinajstić information content (AvgIpc) is 3.37. The fraction of sp³-hybridized carbons (Fsp3) is 0.400. The lowest BCUT2D eigenvalue weighted by molar-refractivity contribution is -0.137. The first-order chi connectivity index (χ1) is 17.4. The summed E-state index contributed by atoms with van der Waals surface area (Å²) in [7, 11) is 0. The van der Waals surface area contributed by atoms with Gasteiger partial charge in [-0.25, -0.2) is 4.39 Å². The number of nitrogens with zero attached hydrogens (tertiary/aromatic N) is 1. The van der Waals surface area contributed by atoms with Gasteiger partial charge in [0.1, 0.15) is 5.82 Å². The van der Waals surface area contributed by atoms with Crippen LogP contribution in [0.15, 0.2) is 48.5 Å². The normalized spacial score (nSPS) is 19.6. The Bertz CT molecular complexity index is 1320. The molecular weight excluding hydrogens is 480 g/mol. The number of aliphatic hydroxyl groups excluding tert-OH is 1. The molecule has 5 rings (SSSR count). The van der Waals surface area contributed by atoms with Gasteiger partial charge in [0.15, 0.2) is 0 Å². The summed E-state index contributed by atoms with van der Waals surface area (Å²) in [6.07, 6.45) is -0.246. The van der Waals surface area contributed by atoms with Crippen LogP contribution in [0, 0.1) is 16.6 Å². The van der Waals surface area contributed by atoms with Gasteiger partial charge in [0, 0.05) is 33.9 Å². The molecule has 0 radical (unpaired) electrons. The quantitative estimate of drug-likeness (QED) is 0.276. The standard InChI is InChI=1S/C30H30F4N2O/c1-29(2)15-22-25(23(37)16-29)24(17-9-13-21(31)14-10-17)26(28(36-22)19-5-3-4-6-19)27(35)18-7-11-20(12-8-18)30(32,33)34/h7-14,19,23,35,37H,3-6,15-16H2,1-2H3. The highest BCUT2D eigenvalue weighted by molar-refractivity contribution is 6.15. The lowest BCUT2D eigenvalue weighted by Crippen LogP contribution is -2.29. The Morgan fingerprint density at radius 1 is 1.00 bits per heavy atom. The summed E-state index contributed by atoms with van der Waals surface area (Å²) < 4.78 is 53.5. The Labute approximate surface area is 214 Å². The number of aliphatic hydroxyl groups is 1. The van der Waals surface area contributed by atoms with Crippen LogP contribution in [-0.2, 0) is 12.6 Å². The molecule has 0 amide bonds. The third-order valence-corrected chi connectivity index (χ3v) is 7.69. The van der Waals surface area contributed by atoms with Crippen LogP contribution in [0.2, 0.25) is 0 Å². The molecule has 1 saturated carbocycles. The molecule has 3 aromatic rings. The summed E-state index contributed by atoms with van der Waals surface area (Å²) in [4.78, 5) is 5.09. The van der Waals surface area contributed by atoms with Crippen molar-refractivity contribution in [1.82, 2.24) is 4.98 Å². The van der Waals surface area contributed by atoms with Gasteiger partial charge in [-0.1, -0.05) is 51.0 Å². The number of aromatic nitrogens is 1. The van der Waals surface area contributed by atoms with Crippen molar-refractivity contribution in [3.63, 3.8) is 0 Å². The number of fused-ring (bicyclic) bond motifs is 1. The summed E-state index contributed by atoms with van der Waals surface area (Å²) >= 11 is 0. The van der Waals surface area contributed by atoms with E-state index in [9.17, 15) is 28.1 Å². The van der Waals surface area contributed by atoms with Crippen LogP contribution < -0.4 is 0 Å². The highest BCUT2D eigenvalue weighted by Gasteiger charge is 2.38. The fourth-order valence-corrected chi connectivity index (χ4v) is 5.95.